The second-order valence-electron chi connectivity index (χ2n) is 14.6. The Morgan fingerprint density at radius 3 is 1.23 bits per heavy atom. The molecule has 266 valence electrons. The monoisotopic (exact) mass is 727 g/mol. The van der Waals surface area contributed by atoms with Crippen LogP contribution in [0.2, 0.25) is 0 Å². The van der Waals surface area contributed by atoms with Crippen LogP contribution in [-0.4, -0.2) is 23.7 Å². The highest BCUT2D eigenvalue weighted by Gasteiger charge is 2.22. The van der Waals surface area contributed by atoms with Gasteiger partial charge in [0.15, 0.2) is 5.82 Å². The summed E-state index contributed by atoms with van der Waals surface area (Å²) in [6.45, 7) is 0. The molecule has 0 aliphatic carbocycles. The Balaban J connectivity index is 1.14. The summed E-state index contributed by atoms with van der Waals surface area (Å²) in [6.07, 6.45) is 0. The van der Waals surface area contributed by atoms with Gasteiger partial charge < -0.3 is 9.13 Å². The molecule has 4 heterocycles. The maximum absolute atomic E-state index is 5.55. The van der Waals surface area contributed by atoms with Crippen molar-refractivity contribution in [2.45, 2.75) is 0 Å². The molecule has 0 fully saturated rings. The fourth-order valence-electron chi connectivity index (χ4n) is 9.01. The molecule has 0 aliphatic rings. The zero-order valence-electron chi connectivity index (χ0n) is 30.8. The predicted molar refractivity (Wildman–Crippen MR) is 236 cm³/mol. The Morgan fingerprint density at radius 1 is 0.298 bits per heavy atom. The Hall–Kier alpha value is -7.76. The lowest BCUT2D eigenvalue weighted by Gasteiger charge is -2.13. The Kier molecular flexibility index (Phi) is 6.86. The molecule has 5 nitrogen and oxygen atoms in total. The van der Waals surface area contributed by atoms with Crippen LogP contribution in [0.25, 0.3) is 105 Å². The van der Waals surface area contributed by atoms with Gasteiger partial charge in [-0.3, -0.25) is 4.57 Å². The molecular formula is C52H33N5. The summed E-state index contributed by atoms with van der Waals surface area (Å²) in [7, 11) is 0. The maximum atomic E-state index is 5.55. The van der Waals surface area contributed by atoms with Crippen LogP contribution < -0.4 is 0 Å². The predicted octanol–water partition coefficient (Wildman–Crippen LogP) is 13.1. The van der Waals surface area contributed by atoms with E-state index in [1.807, 2.05) is 0 Å². The van der Waals surface area contributed by atoms with E-state index in [1.54, 1.807) is 0 Å². The third-order valence-corrected chi connectivity index (χ3v) is 11.4. The van der Waals surface area contributed by atoms with Crippen molar-refractivity contribution >= 4 is 65.5 Å². The van der Waals surface area contributed by atoms with Gasteiger partial charge in [-0.2, -0.15) is 0 Å². The van der Waals surface area contributed by atoms with E-state index in [0.717, 1.165) is 55.8 Å². The van der Waals surface area contributed by atoms with Crippen LogP contribution in [0.5, 0.6) is 0 Å². The number of aromatic nitrogens is 5. The summed E-state index contributed by atoms with van der Waals surface area (Å²) >= 11 is 0. The van der Waals surface area contributed by atoms with Crippen molar-refractivity contribution in [1.82, 2.24) is 23.7 Å². The first-order valence-electron chi connectivity index (χ1n) is 19.3. The summed E-state index contributed by atoms with van der Waals surface area (Å²) in [4.78, 5) is 11.0. The molecule has 8 aromatic carbocycles. The average Bonchev–Trinajstić information content (AvgIpc) is 3.92. The molecule has 0 unspecified atom stereocenters. The fourth-order valence-corrected chi connectivity index (χ4v) is 9.01. The third kappa shape index (κ3) is 4.76. The summed E-state index contributed by atoms with van der Waals surface area (Å²) in [5.41, 5.74) is 12.7. The van der Waals surface area contributed by atoms with Crippen LogP contribution in [0.1, 0.15) is 0 Å². The summed E-state index contributed by atoms with van der Waals surface area (Å²) in [5, 5.41) is 7.07. The summed E-state index contributed by atoms with van der Waals surface area (Å²) in [6, 6.07) is 71.2. The van der Waals surface area contributed by atoms with E-state index in [4.69, 9.17) is 9.97 Å². The van der Waals surface area contributed by atoms with E-state index in [2.05, 4.69) is 214 Å². The Labute approximate surface area is 328 Å². The third-order valence-electron chi connectivity index (χ3n) is 11.4. The second kappa shape index (κ2) is 12.4. The van der Waals surface area contributed by atoms with Crippen molar-refractivity contribution < 1.29 is 0 Å². The zero-order chi connectivity index (χ0) is 37.5. The smallest absolute Gasteiger partial charge is 0.162 e. The SMILES string of the molecule is c1ccc(-n2c3ccccc3c3c(-c4cccc(-n5c6ccccc6c6ccccc65)c4)nc(-c4cccc(-n5c6ccccc6c6ccccc65)c4)nc32)cc1. The molecule has 0 atom stereocenters. The molecule has 0 saturated carbocycles. The minimum Gasteiger partial charge on any atom is -0.309 e. The molecule has 0 radical (unpaired) electrons. The van der Waals surface area contributed by atoms with Gasteiger partial charge in [0.2, 0.25) is 0 Å². The molecule has 57 heavy (non-hydrogen) atoms. The highest BCUT2D eigenvalue weighted by molar-refractivity contribution is 6.15. The van der Waals surface area contributed by atoms with Gasteiger partial charge in [-0.05, 0) is 66.7 Å². The van der Waals surface area contributed by atoms with E-state index in [-0.39, 0.29) is 0 Å². The van der Waals surface area contributed by atoms with Gasteiger partial charge in [0.05, 0.1) is 38.7 Å². The van der Waals surface area contributed by atoms with E-state index < -0.39 is 0 Å². The highest BCUT2D eigenvalue weighted by Crippen LogP contribution is 2.40. The first kappa shape index (κ1) is 31.6. The molecule has 0 amide bonds. The van der Waals surface area contributed by atoms with Gasteiger partial charge >= 0.3 is 0 Å². The van der Waals surface area contributed by atoms with Crippen molar-refractivity contribution in [2.75, 3.05) is 0 Å². The van der Waals surface area contributed by atoms with E-state index >= 15 is 0 Å². The fraction of sp³-hybridized carbons (Fsp3) is 0. The second-order valence-corrected chi connectivity index (χ2v) is 14.6. The molecule has 0 N–H and O–H groups in total. The quantitative estimate of drug-likeness (QED) is 0.177. The van der Waals surface area contributed by atoms with Crippen molar-refractivity contribution in [2.24, 2.45) is 0 Å². The molecule has 0 spiro atoms. The largest absolute Gasteiger partial charge is 0.309 e. The van der Waals surface area contributed by atoms with Crippen LogP contribution in [0.15, 0.2) is 200 Å². The minimum absolute atomic E-state index is 0.669. The van der Waals surface area contributed by atoms with Crippen LogP contribution in [0.4, 0.5) is 0 Å². The Bertz CT molecular complexity index is 3420. The van der Waals surface area contributed by atoms with E-state index in [0.29, 0.717) is 5.82 Å². The van der Waals surface area contributed by atoms with Crippen LogP contribution >= 0.6 is 0 Å². The van der Waals surface area contributed by atoms with Gasteiger partial charge in [0.1, 0.15) is 5.65 Å². The lowest BCUT2D eigenvalue weighted by molar-refractivity contribution is 1.11. The molecule has 12 rings (SSSR count). The van der Waals surface area contributed by atoms with Gasteiger partial charge in [-0.25, -0.2) is 9.97 Å². The number of hydrogen-bond acceptors (Lipinski definition) is 2. The van der Waals surface area contributed by atoms with Crippen molar-refractivity contribution in [3.8, 4) is 39.7 Å². The number of benzene rings is 8. The molecular weight excluding hydrogens is 695 g/mol. The number of para-hydroxylation sites is 6. The van der Waals surface area contributed by atoms with E-state index in [9.17, 15) is 0 Å². The Morgan fingerprint density at radius 2 is 0.702 bits per heavy atom. The number of hydrogen-bond donors (Lipinski definition) is 0. The lowest BCUT2D eigenvalue weighted by atomic mass is 10.0. The number of fused-ring (bicyclic) bond motifs is 9. The highest BCUT2D eigenvalue weighted by atomic mass is 15.1. The number of nitrogens with zero attached hydrogens (tertiary/aromatic N) is 5. The first-order valence-corrected chi connectivity index (χ1v) is 19.3. The van der Waals surface area contributed by atoms with Gasteiger partial charge in [0, 0.05) is 55.1 Å². The summed E-state index contributed by atoms with van der Waals surface area (Å²) < 4.78 is 7.01. The minimum atomic E-state index is 0.669. The van der Waals surface area contributed by atoms with Crippen LogP contribution in [0, 0.1) is 0 Å². The average molecular weight is 728 g/mol. The first-order chi connectivity index (χ1) is 28.3. The van der Waals surface area contributed by atoms with Crippen molar-refractivity contribution in [1.29, 1.82) is 0 Å². The maximum Gasteiger partial charge on any atom is 0.162 e. The van der Waals surface area contributed by atoms with Crippen LogP contribution in [-0.2, 0) is 0 Å². The molecule has 12 aromatic rings. The molecule has 0 aliphatic heterocycles. The lowest BCUT2D eigenvalue weighted by Crippen LogP contribution is -2.01. The molecule has 0 saturated heterocycles. The van der Waals surface area contributed by atoms with Crippen LogP contribution in [0.3, 0.4) is 0 Å². The van der Waals surface area contributed by atoms with Gasteiger partial charge in [-0.15, -0.1) is 0 Å². The normalized spacial score (nSPS) is 11.9. The molecule has 4 aromatic heterocycles. The standard InChI is InChI=1S/C52H33N5/c1-2-18-36(19-3-1)57-48-31-13-8-26-43(48)49-50(34-16-14-20-37(32-34)55-44-27-9-4-22-39(44)40-23-5-10-28-45(40)55)53-51(54-52(49)57)35-17-15-21-38(33-35)56-46-29-11-6-24-41(46)42-25-7-12-30-47(42)56/h1-33H. The zero-order valence-corrected chi connectivity index (χ0v) is 30.8. The molecule has 5 heteroatoms. The van der Waals surface area contributed by atoms with E-state index in [1.165, 1.54) is 43.6 Å². The summed E-state index contributed by atoms with van der Waals surface area (Å²) in [5.74, 6) is 0.669. The topological polar surface area (TPSA) is 40.6 Å². The van der Waals surface area contributed by atoms with Crippen molar-refractivity contribution in [3.63, 3.8) is 0 Å². The van der Waals surface area contributed by atoms with Crippen molar-refractivity contribution in [3.05, 3.63) is 200 Å². The molecule has 0 bridgehead atoms. The van der Waals surface area contributed by atoms with Gasteiger partial charge in [-0.1, -0.05) is 133 Å². The number of rotatable bonds is 5. The van der Waals surface area contributed by atoms with Gasteiger partial charge in [0.25, 0.3) is 0 Å².